The van der Waals surface area contributed by atoms with Crippen LogP contribution in [-0.2, 0) is 16.2 Å². The maximum absolute atomic E-state index is 12.7. The molecule has 2 atom stereocenters. The molecule has 2 unspecified atom stereocenters. The van der Waals surface area contributed by atoms with Gasteiger partial charge in [-0.15, -0.1) is 0 Å². The highest BCUT2D eigenvalue weighted by molar-refractivity contribution is 7.89. The van der Waals surface area contributed by atoms with Crippen molar-refractivity contribution < 1.29 is 21.6 Å². The van der Waals surface area contributed by atoms with Crippen molar-refractivity contribution in [1.82, 2.24) is 4.31 Å². The van der Waals surface area contributed by atoms with Crippen molar-refractivity contribution in [3.63, 3.8) is 0 Å². The predicted molar refractivity (Wildman–Crippen MR) is 72.0 cm³/mol. The van der Waals surface area contributed by atoms with Crippen molar-refractivity contribution in [3.05, 3.63) is 29.8 Å². The fraction of sp³-hybridized carbons (Fsp3) is 0.538. The normalized spacial score (nSPS) is 25.0. The second kappa shape index (κ2) is 5.58. The standard InChI is InChI=1S/C13H17F3N2O2S/c1-9-5-11(17)8-18(7-9)21(19,20)12-4-2-3-10(6-12)13(14,15)16/h2-4,6,9,11H,5,7-8,17H2,1H3. The molecule has 0 saturated carbocycles. The molecule has 2 N–H and O–H groups in total. The van der Waals surface area contributed by atoms with Gasteiger partial charge in [-0.1, -0.05) is 13.0 Å². The van der Waals surface area contributed by atoms with E-state index in [2.05, 4.69) is 0 Å². The van der Waals surface area contributed by atoms with Crippen LogP contribution in [0.25, 0.3) is 0 Å². The molecule has 1 aromatic carbocycles. The first kappa shape index (κ1) is 16.3. The Hall–Kier alpha value is -1.12. The van der Waals surface area contributed by atoms with Gasteiger partial charge in [-0.25, -0.2) is 8.42 Å². The quantitative estimate of drug-likeness (QED) is 0.906. The van der Waals surface area contributed by atoms with Gasteiger partial charge in [-0.3, -0.25) is 0 Å². The fourth-order valence-electron chi connectivity index (χ4n) is 2.53. The van der Waals surface area contributed by atoms with Gasteiger partial charge in [0.05, 0.1) is 10.5 Å². The van der Waals surface area contributed by atoms with Gasteiger partial charge in [-0.05, 0) is 30.5 Å². The molecule has 1 fully saturated rings. The zero-order chi connectivity index (χ0) is 15.8. The van der Waals surface area contributed by atoms with E-state index in [1.807, 2.05) is 6.92 Å². The van der Waals surface area contributed by atoms with E-state index in [0.717, 1.165) is 12.1 Å². The number of sulfonamides is 1. The van der Waals surface area contributed by atoms with Crippen molar-refractivity contribution in [1.29, 1.82) is 0 Å². The zero-order valence-electron chi connectivity index (χ0n) is 11.5. The summed E-state index contributed by atoms with van der Waals surface area (Å²) < 4.78 is 64.2. The minimum Gasteiger partial charge on any atom is -0.326 e. The van der Waals surface area contributed by atoms with E-state index < -0.39 is 21.8 Å². The number of rotatable bonds is 2. The van der Waals surface area contributed by atoms with Crippen LogP contribution < -0.4 is 5.73 Å². The van der Waals surface area contributed by atoms with E-state index >= 15 is 0 Å². The molecule has 21 heavy (non-hydrogen) atoms. The van der Waals surface area contributed by atoms with Gasteiger partial charge in [0.15, 0.2) is 0 Å². The van der Waals surface area contributed by atoms with Crippen LogP contribution >= 0.6 is 0 Å². The van der Waals surface area contributed by atoms with Crippen molar-refractivity contribution >= 4 is 10.0 Å². The van der Waals surface area contributed by atoms with Crippen LogP contribution in [0.1, 0.15) is 18.9 Å². The van der Waals surface area contributed by atoms with Gasteiger partial charge < -0.3 is 5.73 Å². The molecule has 2 rings (SSSR count). The Morgan fingerprint density at radius 3 is 2.52 bits per heavy atom. The Kier molecular flexibility index (Phi) is 4.32. The first-order valence-electron chi connectivity index (χ1n) is 6.53. The molecule has 118 valence electrons. The first-order valence-corrected chi connectivity index (χ1v) is 7.97. The Balaban J connectivity index is 2.36. The minimum atomic E-state index is -4.57. The van der Waals surface area contributed by atoms with Crippen LogP contribution in [0.2, 0.25) is 0 Å². The summed E-state index contributed by atoms with van der Waals surface area (Å²) in [6.45, 7) is 2.27. The number of alkyl halides is 3. The van der Waals surface area contributed by atoms with Gasteiger partial charge in [-0.2, -0.15) is 17.5 Å². The molecule has 0 radical (unpaired) electrons. The van der Waals surface area contributed by atoms with Crippen molar-refractivity contribution in [2.75, 3.05) is 13.1 Å². The third-order valence-corrected chi connectivity index (χ3v) is 5.29. The van der Waals surface area contributed by atoms with Crippen LogP contribution in [0, 0.1) is 5.92 Å². The van der Waals surface area contributed by atoms with E-state index in [9.17, 15) is 21.6 Å². The molecule has 0 bridgehead atoms. The molecule has 1 aromatic rings. The van der Waals surface area contributed by atoms with Crippen LogP contribution in [0.3, 0.4) is 0 Å². The largest absolute Gasteiger partial charge is 0.416 e. The lowest BCUT2D eigenvalue weighted by atomic mass is 9.99. The van der Waals surface area contributed by atoms with E-state index in [4.69, 9.17) is 5.73 Å². The number of piperidine rings is 1. The van der Waals surface area contributed by atoms with Crippen molar-refractivity contribution in [2.45, 2.75) is 30.5 Å². The molecule has 8 heteroatoms. The summed E-state index contributed by atoms with van der Waals surface area (Å²) in [5.74, 6) is 0.0781. The van der Waals surface area contributed by atoms with E-state index in [1.54, 1.807) is 0 Å². The van der Waals surface area contributed by atoms with Crippen LogP contribution in [0.5, 0.6) is 0 Å². The maximum atomic E-state index is 12.7. The number of benzene rings is 1. The minimum absolute atomic E-state index is 0.0781. The van der Waals surface area contributed by atoms with Crippen LogP contribution in [0.15, 0.2) is 29.2 Å². The monoisotopic (exact) mass is 322 g/mol. The van der Waals surface area contributed by atoms with Crippen LogP contribution in [-0.4, -0.2) is 31.9 Å². The summed E-state index contributed by atoms with van der Waals surface area (Å²) >= 11 is 0. The lowest BCUT2D eigenvalue weighted by Gasteiger charge is -2.33. The average molecular weight is 322 g/mol. The Morgan fingerprint density at radius 1 is 1.29 bits per heavy atom. The highest BCUT2D eigenvalue weighted by atomic mass is 32.2. The van der Waals surface area contributed by atoms with Crippen molar-refractivity contribution in [2.24, 2.45) is 11.7 Å². The molecular weight excluding hydrogens is 305 g/mol. The lowest BCUT2D eigenvalue weighted by Crippen LogP contribution is -2.48. The molecular formula is C13H17F3N2O2S. The summed E-state index contributed by atoms with van der Waals surface area (Å²) in [5, 5.41) is 0. The average Bonchev–Trinajstić information content (AvgIpc) is 2.36. The molecule has 0 spiro atoms. The van der Waals surface area contributed by atoms with E-state index in [1.165, 1.54) is 10.4 Å². The predicted octanol–water partition coefficient (Wildman–Crippen LogP) is 2.06. The van der Waals surface area contributed by atoms with Gasteiger partial charge >= 0.3 is 6.18 Å². The third-order valence-electron chi connectivity index (χ3n) is 3.46. The summed E-state index contributed by atoms with van der Waals surface area (Å²) in [6.07, 6.45) is -3.87. The van der Waals surface area contributed by atoms with Gasteiger partial charge in [0, 0.05) is 19.1 Å². The summed E-state index contributed by atoms with van der Waals surface area (Å²) in [4.78, 5) is -0.348. The smallest absolute Gasteiger partial charge is 0.326 e. The summed E-state index contributed by atoms with van der Waals surface area (Å²) in [7, 11) is -3.96. The SMILES string of the molecule is CC1CC(N)CN(S(=O)(=O)c2cccc(C(F)(F)F)c2)C1. The number of nitrogens with two attached hydrogens (primary N) is 1. The molecule has 1 saturated heterocycles. The van der Waals surface area contributed by atoms with Gasteiger partial charge in [0.25, 0.3) is 0 Å². The topological polar surface area (TPSA) is 63.4 Å². The molecule has 1 aliphatic heterocycles. The maximum Gasteiger partial charge on any atom is 0.416 e. The Morgan fingerprint density at radius 2 is 1.95 bits per heavy atom. The molecule has 0 amide bonds. The third kappa shape index (κ3) is 3.56. The highest BCUT2D eigenvalue weighted by Gasteiger charge is 2.35. The number of hydrogen-bond acceptors (Lipinski definition) is 3. The van der Waals surface area contributed by atoms with Gasteiger partial charge in [0.1, 0.15) is 0 Å². The number of halogens is 3. The molecule has 0 aliphatic carbocycles. The first-order chi connectivity index (χ1) is 9.60. The second-order valence-electron chi connectivity index (χ2n) is 5.45. The zero-order valence-corrected chi connectivity index (χ0v) is 12.3. The number of hydrogen-bond donors (Lipinski definition) is 1. The second-order valence-corrected chi connectivity index (χ2v) is 7.39. The molecule has 1 heterocycles. The lowest BCUT2D eigenvalue weighted by molar-refractivity contribution is -0.137. The summed E-state index contributed by atoms with van der Waals surface area (Å²) in [6, 6.07) is 3.50. The fourth-order valence-corrected chi connectivity index (χ4v) is 4.19. The van der Waals surface area contributed by atoms with Crippen molar-refractivity contribution in [3.8, 4) is 0 Å². The molecule has 1 aliphatic rings. The van der Waals surface area contributed by atoms with Gasteiger partial charge in [0.2, 0.25) is 10.0 Å². The number of nitrogens with zero attached hydrogens (tertiary/aromatic N) is 1. The van der Waals surface area contributed by atoms with E-state index in [0.29, 0.717) is 12.5 Å². The van der Waals surface area contributed by atoms with E-state index in [-0.39, 0.29) is 29.9 Å². The summed E-state index contributed by atoms with van der Waals surface area (Å²) in [5.41, 5.74) is 4.83. The Labute approximate surface area is 121 Å². The molecule has 0 aromatic heterocycles. The Bertz CT molecular complexity index is 606. The highest BCUT2D eigenvalue weighted by Crippen LogP contribution is 2.31. The van der Waals surface area contributed by atoms with Crippen LogP contribution in [0.4, 0.5) is 13.2 Å². The molecule has 4 nitrogen and oxygen atoms in total.